The molecular formula is C24H31NO2. The van der Waals surface area contributed by atoms with E-state index in [4.69, 9.17) is 0 Å². The maximum atomic E-state index is 12.8. The summed E-state index contributed by atoms with van der Waals surface area (Å²) in [5.74, 6) is 0.230. The molecule has 0 bridgehead atoms. The van der Waals surface area contributed by atoms with E-state index in [-0.39, 0.29) is 17.9 Å². The summed E-state index contributed by atoms with van der Waals surface area (Å²) in [6.45, 7) is 3.74. The molecule has 2 aromatic carbocycles. The lowest BCUT2D eigenvalue weighted by Gasteiger charge is -2.42. The van der Waals surface area contributed by atoms with Crippen LogP contribution in [0.4, 0.5) is 0 Å². The Kier molecular flexibility index (Phi) is 6.68. The second kappa shape index (κ2) is 9.18. The molecule has 1 unspecified atom stereocenters. The van der Waals surface area contributed by atoms with Gasteiger partial charge in [0.25, 0.3) is 0 Å². The highest BCUT2D eigenvalue weighted by Crippen LogP contribution is 2.34. The van der Waals surface area contributed by atoms with Gasteiger partial charge in [0, 0.05) is 24.9 Å². The minimum atomic E-state index is -0.209. The molecule has 3 nitrogen and oxygen atoms in total. The fourth-order valence-corrected chi connectivity index (χ4v) is 4.21. The van der Waals surface area contributed by atoms with Crippen molar-refractivity contribution in [2.24, 2.45) is 5.41 Å². The molecule has 1 amide bonds. The summed E-state index contributed by atoms with van der Waals surface area (Å²) < 4.78 is 0. The van der Waals surface area contributed by atoms with Crippen LogP contribution in [-0.4, -0.2) is 35.6 Å². The summed E-state index contributed by atoms with van der Waals surface area (Å²) in [5.41, 5.74) is 3.62. The number of hydrogen-bond acceptors (Lipinski definition) is 2. The first kappa shape index (κ1) is 19.6. The largest absolute Gasteiger partial charge is 0.396 e. The number of likely N-dealkylation sites (tertiary alicyclic amines) is 1. The molecule has 0 radical (unpaired) electrons. The summed E-state index contributed by atoms with van der Waals surface area (Å²) in [7, 11) is 0. The molecule has 0 aliphatic carbocycles. The quantitative estimate of drug-likeness (QED) is 0.800. The average Bonchev–Trinajstić information content (AvgIpc) is 2.71. The van der Waals surface area contributed by atoms with Crippen LogP contribution in [0.1, 0.15) is 42.4 Å². The van der Waals surface area contributed by atoms with Crippen LogP contribution >= 0.6 is 0 Å². The van der Waals surface area contributed by atoms with Gasteiger partial charge in [-0.15, -0.1) is 0 Å². The SMILES string of the molecule is Cc1ccccc1CC1(CO)CCCN(C(=O)CCCc2ccccc2)C1. The highest BCUT2D eigenvalue weighted by Gasteiger charge is 2.36. The summed E-state index contributed by atoms with van der Waals surface area (Å²) >= 11 is 0. The number of amides is 1. The molecule has 1 heterocycles. The maximum absolute atomic E-state index is 12.8. The highest BCUT2D eigenvalue weighted by atomic mass is 16.3. The van der Waals surface area contributed by atoms with Gasteiger partial charge in [0.15, 0.2) is 0 Å². The molecule has 0 spiro atoms. The van der Waals surface area contributed by atoms with E-state index in [2.05, 4.69) is 37.3 Å². The Hall–Kier alpha value is -2.13. The lowest BCUT2D eigenvalue weighted by atomic mass is 9.75. The van der Waals surface area contributed by atoms with E-state index >= 15 is 0 Å². The lowest BCUT2D eigenvalue weighted by Crippen LogP contribution is -2.49. The average molecular weight is 366 g/mol. The highest BCUT2D eigenvalue weighted by molar-refractivity contribution is 5.76. The van der Waals surface area contributed by atoms with E-state index in [1.807, 2.05) is 29.2 Å². The monoisotopic (exact) mass is 365 g/mol. The topological polar surface area (TPSA) is 40.5 Å². The van der Waals surface area contributed by atoms with Crippen molar-refractivity contribution in [3.05, 3.63) is 71.3 Å². The molecule has 3 heteroatoms. The lowest BCUT2D eigenvalue weighted by molar-refractivity contribution is -0.135. The van der Waals surface area contributed by atoms with Gasteiger partial charge < -0.3 is 10.0 Å². The minimum Gasteiger partial charge on any atom is -0.396 e. The van der Waals surface area contributed by atoms with E-state index in [0.717, 1.165) is 38.6 Å². The normalized spacial score (nSPS) is 19.9. The Bertz CT molecular complexity index is 743. The summed E-state index contributed by atoms with van der Waals surface area (Å²) in [5, 5.41) is 10.2. The van der Waals surface area contributed by atoms with Crippen LogP contribution in [0.3, 0.4) is 0 Å². The van der Waals surface area contributed by atoms with Crippen molar-refractivity contribution in [1.29, 1.82) is 0 Å². The Morgan fingerprint density at radius 2 is 1.85 bits per heavy atom. The Morgan fingerprint density at radius 1 is 1.11 bits per heavy atom. The molecule has 1 fully saturated rings. The van der Waals surface area contributed by atoms with Gasteiger partial charge in [-0.1, -0.05) is 54.6 Å². The zero-order chi connectivity index (χ0) is 19.1. The summed E-state index contributed by atoms with van der Waals surface area (Å²) in [6, 6.07) is 18.7. The molecule has 1 saturated heterocycles. The number of hydrogen-bond donors (Lipinski definition) is 1. The predicted molar refractivity (Wildman–Crippen MR) is 110 cm³/mol. The summed E-state index contributed by atoms with van der Waals surface area (Å²) in [6.07, 6.45) is 5.19. The number of carbonyl (C=O) groups excluding carboxylic acids is 1. The van der Waals surface area contributed by atoms with E-state index in [0.29, 0.717) is 13.0 Å². The van der Waals surface area contributed by atoms with Gasteiger partial charge in [-0.3, -0.25) is 4.79 Å². The molecule has 0 aromatic heterocycles. The number of piperidine rings is 1. The van der Waals surface area contributed by atoms with Crippen LogP contribution in [-0.2, 0) is 17.6 Å². The second-order valence-electron chi connectivity index (χ2n) is 8.02. The molecule has 27 heavy (non-hydrogen) atoms. The van der Waals surface area contributed by atoms with Crippen molar-refractivity contribution in [2.45, 2.75) is 45.4 Å². The number of aliphatic hydroxyl groups is 1. The van der Waals surface area contributed by atoms with E-state index in [9.17, 15) is 9.90 Å². The van der Waals surface area contributed by atoms with Gasteiger partial charge in [-0.25, -0.2) is 0 Å². The second-order valence-corrected chi connectivity index (χ2v) is 8.02. The van der Waals surface area contributed by atoms with Crippen molar-refractivity contribution < 1.29 is 9.90 Å². The number of rotatable bonds is 7. The predicted octanol–water partition coefficient (Wildman–Crippen LogP) is 4.16. The standard InChI is InChI=1S/C24H31NO2/c1-20-9-5-6-13-22(20)17-24(19-26)15-8-16-25(18-24)23(27)14-7-12-21-10-3-2-4-11-21/h2-6,9-11,13,26H,7-8,12,14-19H2,1H3. The third kappa shape index (κ3) is 5.20. The minimum absolute atomic E-state index is 0.134. The van der Waals surface area contributed by atoms with Crippen LogP contribution < -0.4 is 0 Å². The van der Waals surface area contributed by atoms with Crippen LogP contribution in [0.2, 0.25) is 0 Å². The molecule has 1 aliphatic rings. The molecule has 0 saturated carbocycles. The van der Waals surface area contributed by atoms with E-state index < -0.39 is 0 Å². The van der Waals surface area contributed by atoms with E-state index in [1.54, 1.807) is 0 Å². The van der Waals surface area contributed by atoms with Gasteiger partial charge in [0.05, 0.1) is 6.61 Å². The first-order valence-electron chi connectivity index (χ1n) is 10.1. The molecular weight excluding hydrogens is 334 g/mol. The van der Waals surface area contributed by atoms with E-state index in [1.165, 1.54) is 16.7 Å². The molecule has 2 aromatic rings. The van der Waals surface area contributed by atoms with Crippen LogP contribution in [0.5, 0.6) is 0 Å². The van der Waals surface area contributed by atoms with Crippen molar-refractivity contribution >= 4 is 5.91 Å². The first-order chi connectivity index (χ1) is 13.1. The van der Waals surface area contributed by atoms with Gasteiger partial charge in [0.1, 0.15) is 0 Å². The number of benzene rings is 2. The third-order valence-electron chi connectivity index (χ3n) is 5.88. The Morgan fingerprint density at radius 3 is 2.59 bits per heavy atom. The number of carbonyl (C=O) groups is 1. The Balaban J connectivity index is 1.58. The number of nitrogens with zero attached hydrogens (tertiary/aromatic N) is 1. The molecule has 1 atom stereocenters. The van der Waals surface area contributed by atoms with Gasteiger partial charge in [-0.2, -0.15) is 0 Å². The van der Waals surface area contributed by atoms with Crippen LogP contribution in [0.15, 0.2) is 54.6 Å². The van der Waals surface area contributed by atoms with Crippen LogP contribution in [0, 0.1) is 12.3 Å². The maximum Gasteiger partial charge on any atom is 0.222 e. The van der Waals surface area contributed by atoms with Gasteiger partial charge in [0.2, 0.25) is 5.91 Å². The first-order valence-corrected chi connectivity index (χ1v) is 10.1. The van der Waals surface area contributed by atoms with Crippen molar-refractivity contribution in [3.8, 4) is 0 Å². The number of aryl methyl sites for hydroxylation is 2. The van der Waals surface area contributed by atoms with Gasteiger partial charge in [-0.05, 0) is 55.7 Å². The zero-order valence-corrected chi connectivity index (χ0v) is 16.4. The molecule has 1 N–H and O–H groups in total. The fourth-order valence-electron chi connectivity index (χ4n) is 4.21. The fraction of sp³-hybridized carbons (Fsp3) is 0.458. The van der Waals surface area contributed by atoms with Crippen molar-refractivity contribution in [3.63, 3.8) is 0 Å². The molecule has 1 aliphatic heterocycles. The molecule has 3 rings (SSSR count). The van der Waals surface area contributed by atoms with Gasteiger partial charge >= 0.3 is 0 Å². The number of aliphatic hydroxyl groups excluding tert-OH is 1. The van der Waals surface area contributed by atoms with Crippen molar-refractivity contribution in [2.75, 3.05) is 19.7 Å². The van der Waals surface area contributed by atoms with Crippen LogP contribution in [0.25, 0.3) is 0 Å². The molecule has 144 valence electrons. The summed E-state index contributed by atoms with van der Waals surface area (Å²) in [4.78, 5) is 14.7. The zero-order valence-electron chi connectivity index (χ0n) is 16.4. The smallest absolute Gasteiger partial charge is 0.222 e. The third-order valence-corrected chi connectivity index (χ3v) is 5.88. The Labute approximate surface area is 163 Å². The van der Waals surface area contributed by atoms with Crippen molar-refractivity contribution in [1.82, 2.24) is 4.90 Å².